The molecule has 1 aliphatic heterocycles. The second kappa shape index (κ2) is 5.34. The van der Waals surface area contributed by atoms with Crippen molar-refractivity contribution in [2.24, 2.45) is 0 Å². The number of anilines is 1. The number of nitrogens with zero attached hydrogens (tertiary/aromatic N) is 1. The van der Waals surface area contributed by atoms with Gasteiger partial charge < -0.3 is 4.90 Å². The maximum Gasteiger partial charge on any atom is 0.416 e. The first kappa shape index (κ1) is 16.5. The van der Waals surface area contributed by atoms with Gasteiger partial charge in [0, 0.05) is 6.54 Å². The van der Waals surface area contributed by atoms with Gasteiger partial charge in [0.25, 0.3) is 5.91 Å². The Labute approximate surface area is 136 Å². The number of para-hydroxylation sites is 1. The van der Waals surface area contributed by atoms with Crippen LogP contribution in [-0.2, 0) is 16.0 Å². The van der Waals surface area contributed by atoms with Crippen molar-refractivity contribution in [2.45, 2.75) is 22.9 Å². The molecule has 0 aliphatic carbocycles. The SMILES string of the molecule is CCN1C(=O)c2ccc(C(F)(F)F)cc2S(=O)(=O)c2ccccc21. The van der Waals surface area contributed by atoms with Crippen molar-refractivity contribution in [1.29, 1.82) is 0 Å². The summed E-state index contributed by atoms with van der Waals surface area (Å²) < 4.78 is 64.6. The van der Waals surface area contributed by atoms with Gasteiger partial charge in [-0.15, -0.1) is 0 Å². The number of benzene rings is 2. The lowest BCUT2D eigenvalue weighted by Crippen LogP contribution is -2.30. The van der Waals surface area contributed by atoms with E-state index in [0.29, 0.717) is 6.07 Å². The molecule has 1 amide bonds. The molecule has 0 N–H and O–H groups in total. The Morgan fingerprint density at radius 3 is 2.33 bits per heavy atom. The third kappa shape index (κ3) is 2.37. The maximum atomic E-state index is 13.0. The van der Waals surface area contributed by atoms with Crippen LogP contribution >= 0.6 is 0 Å². The number of amides is 1. The smallest absolute Gasteiger partial charge is 0.307 e. The highest BCUT2D eigenvalue weighted by Gasteiger charge is 2.38. The molecule has 0 unspecified atom stereocenters. The third-order valence-corrected chi connectivity index (χ3v) is 5.68. The molecule has 24 heavy (non-hydrogen) atoms. The molecule has 0 aromatic heterocycles. The number of hydrogen-bond donors (Lipinski definition) is 0. The van der Waals surface area contributed by atoms with Gasteiger partial charge in [0.2, 0.25) is 9.84 Å². The van der Waals surface area contributed by atoms with Gasteiger partial charge in [-0.1, -0.05) is 12.1 Å². The summed E-state index contributed by atoms with van der Waals surface area (Å²) in [6, 6.07) is 7.96. The van der Waals surface area contributed by atoms with Gasteiger partial charge in [-0.3, -0.25) is 4.79 Å². The summed E-state index contributed by atoms with van der Waals surface area (Å²) >= 11 is 0. The molecule has 2 aromatic rings. The lowest BCUT2D eigenvalue weighted by molar-refractivity contribution is -0.137. The van der Waals surface area contributed by atoms with Crippen LogP contribution < -0.4 is 4.90 Å². The van der Waals surface area contributed by atoms with E-state index in [0.717, 1.165) is 12.1 Å². The van der Waals surface area contributed by atoms with Crippen LogP contribution in [0.3, 0.4) is 0 Å². The fraction of sp³-hybridized carbons (Fsp3) is 0.188. The Morgan fingerprint density at radius 1 is 1.04 bits per heavy atom. The molecule has 4 nitrogen and oxygen atoms in total. The van der Waals surface area contributed by atoms with E-state index in [2.05, 4.69) is 0 Å². The summed E-state index contributed by atoms with van der Waals surface area (Å²) in [7, 11) is -4.26. The summed E-state index contributed by atoms with van der Waals surface area (Å²) in [6.45, 7) is 1.85. The quantitative estimate of drug-likeness (QED) is 0.787. The van der Waals surface area contributed by atoms with Gasteiger partial charge in [0.15, 0.2) is 0 Å². The number of carbonyl (C=O) groups excluding carboxylic acids is 1. The van der Waals surface area contributed by atoms with E-state index in [1.54, 1.807) is 13.0 Å². The minimum Gasteiger partial charge on any atom is -0.307 e. The normalized spacial score (nSPS) is 16.3. The van der Waals surface area contributed by atoms with Crippen molar-refractivity contribution in [1.82, 2.24) is 0 Å². The van der Waals surface area contributed by atoms with Gasteiger partial charge in [-0.2, -0.15) is 13.2 Å². The first-order chi connectivity index (χ1) is 11.2. The topological polar surface area (TPSA) is 54.5 Å². The van der Waals surface area contributed by atoms with Gasteiger partial charge in [-0.05, 0) is 37.3 Å². The van der Waals surface area contributed by atoms with E-state index in [1.807, 2.05) is 0 Å². The second-order valence-corrected chi connectivity index (χ2v) is 7.12. The lowest BCUT2D eigenvalue weighted by atomic mass is 10.1. The fourth-order valence-corrected chi connectivity index (χ4v) is 4.37. The summed E-state index contributed by atoms with van der Waals surface area (Å²) in [5, 5.41) is 0. The van der Waals surface area contributed by atoms with Gasteiger partial charge in [-0.25, -0.2) is 8.42 Å². The maximum absolute atomic E-state index is 13.0. The molecule has 3 rings (SSSR count). The number of halogens is 3. The van der Waals surface area contributed by atoms with E-state index in [4.69, 9.17) is 0 Å². The van der Waals surface area contributed by atoms with Crippen LogP contribution in [0.2, 0.25) is 0 Å². The number of carbonyl (C=O) groups is 1. The third-order valence-electron chi connectivity index (χ3n) is 3.84. The van der Waals surface area contributed by atoms with Crippen molar-refractivity contribution in [3.8, 4) is 0 Å². The van der Waals surface area contributed by atoms with E-state index >= 15 is 0 Å². The molecule has 8 heteroatoms. The molecular weight excluding hydrogens is 343 g/mol. The van der Waals surface area contributed by atoms with E-state index in [9.17, 15) is 26.4 Å². The predicted octanol–water partition coefficient (Wildman–Crippen LogP) is 3.52. The molecule has 0 saturated heterocycles. The Hall–Kier alpha value is -2.35. The predicted molar refractivity (Wildman–Crippen MR) is 80.7 cm³/mol. The highest BCUT2D eigenvalue weighted by atomic mass is 32.2. The molecular formula is C16H12F3NO3S. The summed E-state index contributed by atoms with van der Waals surface area (Å²) in [4.78, 5) is 13.1. The zero-order valence-corrected chi connectivity index (χ0v) is 13.3. The van der Waals surface area contributed by atoms with Gasteiger partial charge in [0.1, 0.15) is 0 Å². The van der Waals surface area contributed by atoms with Crippen LogP contribution in [0.25, 0.3) is 0 Å². The lowest BCUT2D eigenvalue weighted by Gasteiger charge is -2.20. The molecule has 0 radical (unpaired) electrons. The fourth-order valence-electron chi connectivity index (χ4n) is 2.69. The Morgan fingerprint density at radius 2 is 1.71 bits per heavy atom. The van der Waals surface area contributed by atoms with E-state index < -0.39 is 32.4 Å². The van der Waals surface area contributed by atoms with Crippen molar-refractivity contribution in [3.63, 3.8) is 0 Å². The molecule has 0 bridgehead atoms. The van der Waals surface area contributed by atoms with Crippen molar-refractivity contribution < 1.29 is 26.4 Å². The van der Waals surface area contributed by atoms with Crippen molar-refractivity contribution in [2.75, 3.05) is 11.4 Å². The molecule has 0 atom stereocenters. The Bertz CT molecular complexity index is 936. The molecule has 0 saturated carbocycles. The highest BCUT2D eigenvalue weighted by molar-refractivity contribution is 7.91. The van der Waals surface area contributed by atoms with Crippen LogP contribution in [0, 0.1) is 0 Å². The van der Waals surface area contributed by atoms with Gasteiger partial charge >= 0.3 is 6.18 Å². The molecule has 0 spiro atoms. The number of rotatable bonds is 1. The minimum absolute atomic E-state index is 0.162. The van der Waals surface area contributed by atoms with Crippen LogP contribution in [-0.4, -0.2) is 20.9 Å². The average molecular weight is 355 g/mol. The molecule has 1 aliphatic rings. The van der Waals surface area contributed by atoms with Crippen molar-refractivity contribution >= 4 is 21.4 Å². The van der Waals surface area contributed by atoms with Crippen LogP contribution in [0.15, 0.2) is 52.3 Å². The van der Waals surface area contributed by atoms with Gasteiger partial charge in [0.05, 0.1) is 26.6 Å². The second-order valence-electron chi connectivity index (χ2n) is 5.23. The number of hydrogen-bond acceptors (Lipinski definition) is 3. The monoisotopic (exact) mass is 355 g/mol. The average Bonchev–Trinajstić information content (AvgIpc) is 2.60. The Balaban J connectivity index is 2.40. The number of fused-ring (bicyclic) bond motifs is 2. The summed E-state index contributed by atoms with van der Waals surface area (Å²) in [5.74, 6) is -0.644. The highest BCUT2D eigenvalue weighted by Crippen LogP contribution is 2.39. The Kier molecular flexibility index (Phi) is 3.67. The molecule has 0 fully saturated rings. The molecule has 1 heterocycles. The number of alkyl halides is 3. The number of sulfone groups is 1. The van der Waals surface area contributed by atoms with E-state index in [-0.39, 0.29) is 22.7 Å². The van der Waals surface area contributed by atoms with Crippen LogP contribution in [0.5, 0.6) is 0 Å². The molecule has 126 valence electrons. The zero-order valence-electron chi connectivity index (χ0n) is 12.5. The first-order valence-corrected chi connectivity index (χ1v) is 8.53. The van der Waals surface area contributed by atoms with Crippen molar-refractivity contribution in [3.05, 3.63) is 53.6 Å². The van der Waals surface area contributed by atoms with Crippen LogP contribution in [0.1, 0.15) is 22.8 Å². The zero-order chi connectivity index (χ0) is 17.7. The summed E-state index contributed by atoms with van der Waals surface area (Å²) in [5.41, 5.74) is -1.21. The molecule has 2 aromatic carbocycles. The summed E-state index contributed by atoms with van der Waals surface area (Å²) in [6.07, 6.45) is -4.70. The minimum atomic E-state index is -4.70. The first-order valence-electron chi connectivity index (χ1n) is 7.05. The van der Waals surface area contributed by atoms with E-state index in [1.165, 1.54) is 23.1 Å². The largest absolute Gasteiger partial charge is 0.416 e. The standard InChI is InChI=1S/C16H12F3NO3S/c1-2-20-12-5-3-4-6-13(12)24(22,23)14-9-10(16(17,18)19)7-8-11(14)15(20)21/h3-9H,2H2,1H3. The van der Waals surface area contributed by atoms with Crippen LogP contribution in [0.4, 0.5) is 18.9 Å².